The molecule has 1 aliphatic rings. The maximum atomic E-state index is 11.4. The van der Waals surface area contributed by atoms with Gasteiger partial charge in [0.2, 0.25) is 0 Å². The zero-order valence-corrected chi connectivity index (χ0v) is 16.1. The summed E-state index contributed by atoms with van der Waals surface area (Å²) in [6.07, 6.45) is 4.51. The molecule has 1 fully saturated rings. The Balaban J connectivity index is 0.000000952. The van der Waals surface area contributed by atoms with Crippen molar-refractivity contribution in [3.63, 3.8) is 0 Å². The number of carbonyl (C=O) groups is 1. The van der Waals surface area contributed by atoms with Crippen molar-refractivity contribution in [2.24, 2.45) is 0 Å². The lowest BCUT2D eigenvalue weighted by Crippen LogP contribution is -2.23. The molecule has 3 heteroatoms. The van der Waals surface area contributed by atoms with E-state index in [9.17, 15) is 4.79 Å². The number of esters is 1. The van der Waals surface area contributed by atoms with Crippen LogP contribution in [-0.2, 0) is 26.1 Å². The highest BCUT2D eigenvalue weighted by Crippen LogP contribution is 2.34. The van der Waals surface area contributed by atoms with E-state index >= 15 is 0 Å². The van der Waals surface area contributed by atoms with Gasteiger partial charge in [0.05, 0.1) is 19.6 Å². The average Bonchev–Trinajstić information content (AvgIpc) is 3.08. The van der Waals surface area contributed by atoms with Crippen LogP contribution in [0.2, 0.25) is 0 Å². The Kier molecular flexibility index (Phi) is 11.9. The Morgan fingerprint density at radius 2 is 1.83 bits per heavy atom. The second-order valence-corrected chi connectivity index (χ2v) is 5.55. The molecule has 1 aromatic rings. The number of hydrogen-bond donors (Lipinski definition) is 0. The van der Waals surface area contributed by atoms with Gasteiger partial charge >= 0.3 is 5.97 Å². The fourth-order valence-electron chi connectivity index (χ4n) is 2.42. The van der Waals surface area contributed by atoms with Crippen molar-refractivity contribution < 1.29 is 14.3 Å². The van der Waals surface area contributed by atoms with Gasteiger partial charge in [-0.3, -0.25) is 4.79 Å². The predicted octanol–water partition coefficient (Wildman–Crippen LogP) is 5.08. The van der Waals surface area contributed by atoms with E-state index in [1.807, 2.05) is 39.0 Å². The van der Waals surface area contributed by atoms with Crippen LogP contribution in [0.5, 0.6) is 0 Å². The number of benzene rings is 1. The second kappa shape index (κ2) is 12.8. The number of carbonyl (C=O) groups excluding carboxylic acids is 1. The van der Waals surface area contributed by atoms with Crippen LogP contribution in [0, 0.1) is 0 Å². The van der Waals surface area contributed by atoms with Crippen LogP contribution in [0.15, 0.2) is 36.9 Å². The second-order valence-electron chi connectivity index (χ2n) is 5.55. The third-order valence-corrected chi connectivity index (χ3v) is 3.63. The first-order valence-electron chi connectivity index (χ1n) is 9.08. The lowest BCUT2D eigenvalue weighted by Gasteiger charge is -2.23. The van der Waals surface area contributed by atoms with Gasteiger partial charge in [-0.25, -0.2) is 0 Å². The lowest BCUT2D eigenvalue weighted by atomic mass is 9.80. The molecule has 1 atom stereocenters. The Labute approximate surface area is 148 Å². The minimum Gasteiger partial charge on any atom is -0.466 e. The summed E-state index contributed by atoms with van der Waals surface area (Å²) in [5.74, 6) is -0.183. The molecular formula is C21H34O3. The van der Waals surface area contributed by atoms with Gasteiger partial charge in [0.15, 0.2) is 0 Å². The Morgan fingerprint density at radius 1 is 1.25 bits per heavy atom. The monoisotopic (exact) mass is 334 g/mol. The molecule has 1 aliphatic heterocycles. The molecule has 0 spiro atoms. The molecule has 0 amide bonds. The van der Waals surface area contributed by atoms with Crippen LogP contribution in [0.4, 0.5) is 0 Å². The number of ether oxygens (including phenoxy) is 2. The van der Waals surface area contributed by atoms with E-state index in [2.05, 4.69) is 32.6 Å². The van der Waals surface area contributed by atoms with E-state index in [-0.39, 0.29) is 11.4 Å². The minimum absolute atomic E-state index is 0.0670. The molecule has 24 heavy (non-hydrogen) atoms. The maximum Gasteiger partial charge on any atom is 0.310 e. The maximum absolute atomic E-state index is 11.4. The fraction of sp³-hybridized carbons (Fsp3) is 0.571. The van der Waals surface area contributed by atoms with Crippen molar-refractivity contribution in [1.82, 2.24) is 0 Å². The van der Waals surface area contributed by atoms with Crippen LogP contribution in [0.1, 0.15) is 58.6 Å². The molecule has 1 aromatic carbocycles. The van der Waals surface area contributed by atoms with E-state index in [4.69, 9.17) is 9.47 Å². The summed E-state index contributed by atoms with van der Waals surface area (Å²) in [7, 11) is 0. The van der Waals surface area contributed by atoms with Crippen molar-refractivity contribution in [3.8, 4) is 0 Å². The topological polar surface area (TPSA) is 35.5 Å². The molecule has 1 saturated heterocycles. The van der Waals surface area contributed by atoms with Crippen LogP contribution >= 0.6 is 0 Å². The first-order valence-corrected chi connectivity index (χ1v) is 9.08. The Morgan fingerprint density at radius 3 is 2.25 bits per heavy atom. The van der Waals surface area contributed by atoms with Crippen molar-refractivity contribution in [1.29, 1.82) is 0 Å². The van der Waals surface area contributed by atoms with Crippen LogP contribution in [-0.4, -0.2) is 25.8 Å². The zero-order valence-electron chi connectivity index (χ0n) is 16.1. The zero-order chi connectivity index (χ0) is 18.4. The fourth-order valence-corrected chi connectivity index (χ4v) is 2.42. The van der Waals surface area contributed by atoms with E-state index in [1.54, 1.807) is 0 Å². The van der Waals surface area contributed by atoms with Gasteiger partial charge in [-0.2, -0.15) is 0 Å². The highest BCUT2D eigenvalue weighted by atomic mass is 16.5. The first kappa shape index (κ1) is 22.4. The Hall–Kier alpha value is -1.61. The smallest absolute Gasteiger partial charge is 0.310 e. The van der Waals surface area contributed by atoms with E-state index in [0.717, 1.165) is 18.6 Å². The molecular weight excluding hydrogens is 300 g/mol. The summed E-state index contributed by atoms with van der Waals surface area (Å²) >= 11 is 0. The highest BCUT2D eigenvalue weighted by molar-refractivity contribution is 5.72. The lowest BCUT2D eigenvalue weighted by molar-refractivity contribution is -0.142. The molecule has 136 valence electrons. The molecule has 0 saturated carbocycles. The molecule has 1 heterocycles. The highest BCUT2D eigenvalue weighted by Gasteiger charge is 2.33. The van der Waals surface area contributed by atoms with Crippen LogP contribution in [0.3, 0.4) is 0 Å². The van der Waals surface area contributed by atoms with Gasteiger partial charge in [-0.15, -0.1) is 6.58 Å². The molecule has 0 N–H and O–H groups in total. The first-order chi connectivity index (χ1) is 11.6. The SMILES string of the molecule is C=CC1(c2ccc(CC(=O)OCC)cc2)CCOC1.CC.CCC. The van der Waals surface area contributed by atoms with Gasteiger partial charge < -0.3 is 9.47 Å². The summed E-state index contributed by atoms with van der Waals surface area (Å²) in [4.78, 5) is 11.4. The van der Waals surface area contributed by atoms with Crippen LogP contribution < -0.4 is 0 Å². The Bertz CT molecular complexity index is 456. The van der Waals surface area contributed by atoms with Gasteiger partial charge in [0.1, 0.15) is 0 Å². The average molecular weight is 335 g/mol. The summed E-state index contributed by atoms with van der Waals surface area (Å²) in [5, 5.41) is 0. The van der Waals surface area contributed by atoms with Crippen molar-refractivity contribution >= 4 is 5.97 Å². The number of hydrogen-bond acceptors (Lipinski definition) is 3. The standard InChI is InChI=1S/C16H20O3.C3H8.C2H6/c1-3-16(9-10-18-12-16)14-7-5-13(6-8-14)11-15(17)19-4-2;1-3-2;1-2/h3,5-8H,1,4,9-12H2,2H3;3H2,1-2H3;1-2H3. The third-order valence-electron chi connectivity index (χ3n) is 3.63. The normalized spacial score (nSPS) is 18.5. The molecule has 0 bridgehead atoms. The molecule has 1 unspecified atom stereocenters. The molecule has 0 aromatic heterocycles. The van der Waals surface area contributed by atoms with E-state index < -0.39 is 0 Å². The van der Waals surface area contributed by atoms with Crippen molar-refractivity contribution in [2.75, 3.05) is 19.8 Å². The predicted molar refractivity (Wildman–Crippen MR) is 101 cm³/mol. The molecule has 0 aliphatic carbocycles. The molecule has 3 nitrogen and oxygen atoms in total. The summed E-state index contributed by atoms with van der Waals surface area (Å²) in [6, 6.07) is 8.08. The van der Waals surface area contributed by atoms with Crippen molar-refractivity contribution in [2.45, 2.75) is 59.3 Å². The van der Waals surface area contributed by atoms with Gasteiger partial charge in [-0.1, -0.05) is 64.5 Å². The van der Waals surface area contributed by atoms with Gasteiger partial charge in [0.25, 0.3) is 0 Å². The number of rotatable bonds is 5. The minimum atomic E-state index is -0.183. The quantitative estimate of drug-likeness (QED) is 0.556. The van der Waals surface area contributed by atoms with E-state index in [1.165, 1.54) is 12.0 Å². The van der Waals surface area contributed by atoms with Gasteiger partial charge in [-0.05, 0) is 24.5 Å². The van der Waals surface area contributed by atoms with Crippen molar-refractivity contribution in [3.05, 3.63) is 48.0 Å². The molecule has 0 radical (unpaired) electrons. The summed E-state index contributed by atoms with van der Waals surface area (Å²) < 4.78 is 10.4. The summed E-state index contributed by atoms with van der Waals surface area (Å²) in [5.41, 5.74) is 2.11. The summed E-state index contributed by atoms with van der Waals surface area (Å²) in [6.45, 7) is 15.9. The van der Waals surface area contributed by atoms with Crippen LogP contribution in [0.25, 0.3) is 0 Å². The molecule has 2 rings (SSSR count). The third kappa shape index (κ3) is 6.88. The van der Waals surface area contributed by atoms with Gasteiger partial charge in [0, 0.05) is 12.0 Å². The largest absolute Gasteiger partial charge is 0.466 e. The van der Waals surface area contributed by atoms with E-state index in [0.29, 0.717) is 19.6 Å².